The Morgan fingerprint density at radius 2 is 2.00 bits per heavy atom. The Morgan fingerprint density at radius 1 is 1.17 bits per heavy atom. The maximum Gasteiger partial charge on any atom is 0.273 e. The molecule has 3 aromatic rings. The van der Waals surface area contributed by atoms with Gasteiger partial charge < -0.3 is 9.40 Å². The minimum atomic E-state index is -0.383. The molecule has 0 spiro atoms. The van der Waals surface area contributed by atoms with Gasteiger partial charge in [-0.2, -0.15) is 0 Å². The van der Waals surface area contributed by atoms with Crippen molar-refractivity contribution in [1.82, 2.24) is 15.8 Å². The molecule has 6 nitrogen and oxygen atoms in total. The van der Waals surface area contributed by atoms with E-state index in [1.165, 1.54) is 17.2 Å². The Morgan fingerprint density at radius 3 is 2.79 bits per heavy atom. The quantitative estimate of drug-likeness (QED) is 0.630. The number of H-pyrrole nitrogens is 1. The zero-order valence-corrected chi connectivity index (χ0v) is 13.4. The molecule has 0 unspecified atom stereocenters. The maximum absolute atomic E-state index is 11.8. The first kappa shape index (κ1) is 15.9. The van der Waals surface area contributed by atoms with Crippen LogP contribution in [0.1, 0.15) is 34.5 Å². The third-order valence-corrected chi connectivity index (χ3v) is 3.94. The normalized spacial score (nSPS) is 10.7. The number of hydrazine groups is 1. The number of amides is 2. The van der Waals surface area contributed by atoms with Gasteiger partial charge in [0.15, 0.2) is 0 Å². The Kier molecular flexibility index (Phi) is 4.65. The van der Waals surface area contributed by atoms with Gasteiger partial charge in [0, 0.05) is 23.5 Å². The summed E-state index contributed by atoms with van der Waals surface area (Å²) in [6.07, 6.45) is 5.25. The van der Waals surface area contributed by atoms with E-state index in [1.54, 1.807) is 13.0 Å². The molecule has 0 aliphatic rings. The highest BCUT2D eigenvalue weighted by Crippen LogP contribution is 2.19. The third kappa shape index (κ3) is 3.48. The molecule has 0 saturated carbocycles. The molecule has 0 aliphatic carbocycles. The number of hydrogen-bond acceptors (Lipinski definition) is 3. The summed E-state index contributed by atoms with van der Waals surface area (Å²) in [5.41, 5.74) is 7.52. The van der Waals surface area contributed by atoms with E-state index in [9.17, 15) is 9.59 Å². The average molecular weight is 325 g/mol. The first-order valence-corrected chi connectivity index (χ1v) is 7.83. The van der Waals surface area contributed by atoms with Crippen molar-refractivity contribution >= 4 is 22.7 Å². The summed E-state index contributed by atoms with van der Waals surface area (Å²) in [4.78, 5) is 26.9. The van der Waals surface area contributed by atoms with Crippen molar-refractivity contribution in [3.63, 3.8) is 0 Å². The van der Waals surface area contributed by atoms with Gasteiger partial charge in [-0.15, -0.1) is 0 Å². The van der Waals surface area contributed by atoms with E-state index < -0.39 is 0 Å². The van der Waals surface area contributed by atoms with Crippen LogP contribution in [-0.2, 0) is 11.2 Å². The molecule has 124 valence electrons. The predicted molar refractivity (Wildman–Crippen MR) is 90.3 cm³/mol. The first-order valence-electron chi connectivity index (χ1n) is 7.83. The van der Waals surface area contributed by atoms with Crippen molar-refractivity contribution in [2.45, 2.75) is 26.2 Å². The first-order chi connectivity index (χ1) is 11.6. The molecular weight excluding hydrogens is 306 g/mol. The number of para-hydroxylation sites is 1. The third-order valence-electron chi connectivity index (χ3n) is 3.94. The van der Waals surface area contributed by atoms with Crippen LogP contribution in [0, 0.1) is 6.92 Å². The summed E-state index contributed by atoms with van der Waals surface area (Å²) in [6.45, 7) is 1.69. The minimum Gasteiger partial charge on any atom is -0.469 e. The zero-order chi connectivity index (χ0) is 16.9. The van der Waals surface area contributed by atoms with Crippen molar-refractivity contribution in [2.24, 2.45) is 0 Å². The summed E-state index contributed by atoms with van der Waals surface area (Å²) >= 11 is 0. The lowest BCUT2D eigenvalue weighted by Crippen LogP contribution is -2.41. The van der Waals surface area contributed by atoms with Crippen LogP contribution in [0.2, 0.25) is 0 Å². The SMILES string of the molecule is Cc1occc1C(=O)NNC(=O)CCCc1c[nH]c2ccccc12. The van der Waals surface area contributed by atoms with Crippen molar-refractivity contribution in [1.29, 1.82) is 0 Å². The number of rotatable bonds is 5. The number of hydrogen-bond donors (Lipinski definition) is 3. The topological polar surface area (TPSA) is 87.1 Å². The van der Waals surface area contributed by atoms with Crippen molar-refractivity contribution in [3.8, 4) is 0 Å². The summed E-state index contributed by atoms with van der Waals surface area (Å²) in [5.74, 6) is -0.0864. The van der Waals surface area contributed by atoms with Gasteiger partial charge in [-0.1, -0.05) is 18.2 Å². The molecule has 1 aromatic carbocycles. The fraction of sp³-hybridized carbons (Fsp3) is 0.222. The number of carbonyl (C=O) groups is 2. The number of benzene rings is 1. The van der Waals surface area contributed by atoms with E-state index in [4.69, 9.17) is 4.42 Å². The lowest BCUT2D eigenvalue weighted by atomic mass is 10.1. The Bertz CT molecular complexity index is 863. The van der Waals surface area contributed by atoms with Gasteiger partial charge in [-0.25, -0.2) is 0 Å². The standard InChI is InChI=1S/C18H19N3O3/c1-12-14(9-10-24-12)18(23)21-20-17(22)8-4-5-13-11-19-16-7-3-2-6-15(13)16/h2-3,6-7,9-11,19H,4-5,8H2,1H3,(H,20,22)(H,21,23). The fourth-order valence-corrected chi connectivity index (χ4v) is 2.65. The molecule has 0 radical (unpaired) electrons. The maximum atomic E-state index is 11.8. The molecule has 6 heteroatoms. The summed E-state index contributed by atoms with van der Waals surface area (Å²) in [7, 11) is 0. The monoisotopic (exact) mass is 325 g/mol. The van der Waals surface area contributed by atoms with Gasteiger partial charge in [0.1, 0.15) is 5.76 Å². The van der Waals surface area contributed by atoms with Crippen LogP contribution in [0.25, 0.3) is 10.9 Å². The van der Waals surface area contributed by atoms with Crippen LogP contribution in [0.5, 0.6) is 0 Å². The second-order valence-electron chi connectivity index (χ2n) is 5.61. The van der Waals surface area contributed by atoms with Gasteiger partial charge in [-0.05, 0) is 37.5 Å². The number of aryl methyl sites for hydroxylation is 2. The number of fused-ring (bicyclic) bond motifs is 1. The second kappa shape index (κ2) is 7.04. The molecule has 0 bridgehead atoms. The largest absolute Gasteiger partial charge is 0.469 e. The second-order valence-corrected chi connectivity index (χ2v) is 5.61. The van der Waals surface area contributed by atoms with E-state index in [0.29, 0.717) is 24.2 Å². The van der Waals surface area contributed by atoms with Gasteiger partial charge in [0.05, 0.1) is 11.8 Å². The predicted octanol–water partition coefficient (Wildman–Crippen LogP) is 2.85. The van der Waals surface area contributed by atoms with Crippen LogP contribution in [0.3, 0.4) is 0 Å². The van der Waals surface area contributed by atoms with Crippen LogP contribution in [0.4, 0.5) is 0 Å². The molecule has 0 fully saturated rings. The molecule has 2 aromatic heterocycles. The highest BCUT2D eigenvalue weighted by atomic mass is 16.3. The molecule has 0 aliphatic heterocycles. The van der Waals surface area contributed by atoms with Crippen LogP contribution in [0.15, 0.2) is 47.2 Å². The molecule has 2 amide bonds. The highest BCUT2D eigenvalue weighted by Gasteiger charge is 2.12. The molecule has 3 rings (SSSR count). The molecule has 2 heterocycles. The molecular formula is C18H19N3O3. The van der Waals surface area contributed by atoms with Crippen molar-refractivity contribution in [3.05, 3.63) is 59.7 Å². The number of furan rings is 1. The van der Waals surface area contributed by atoms with E-state index in [-0.39, 0.29) is 11.8 Å². The number of nitrogens with one attached hydrogen (secondary N) is 3. The van der Waals surface area contributed by atoms with Crippen molar-refractivity contribution in [2.75, 3.05) is 0 Å². The van der Waals surface area contributed by atoms with E-state index in [0.717, 1.165) is 11.9 Å². The van der Waals surface area contributed by atoms with Gasteiger partial charge in [0.25, 0.3) is 5.91 Å². The van der Waals surface area contributed by atoms with Gasteiger partial charge >= 0.3 is 0 Å². The smallest absolute Gasteiger partial charge is 0.273 e. The number of carbonyl (C=O) groups excluding carboxylic acids is 2. The zero-order valence-electron chi connectivity index (χ0n) is 13.4. The van der Waals surface area contributed by atoms with E-state index >= 15 is 0 Å². The average Bonchev–Trinajstić information content (AvgIpc) is 3.19. The molecule has 24 heavy (non-hydrogen) atoms. The van der Waals surface area contributed by atoms with E-state index in [1.807, 2.05) is 24.4 Å². The van der Waals surface area contributed by atoms with Gasteiger partial charge in [-0.3, -0.25) is 20.4 Å². The Balaban J connectivity index is 1.44. The molecule has 3 N–H and O–H groups in total. The van der Waals surface area contributed by atoms with Crippen LogP contribution < -0.4 is 10.9 Å². The van der Waals surface area contributed by atoms with Crippen LogP contribution in [-0.4, -0.2) is 16.8 Å². The summed E-state index contributed by atoms with van der Waals surface area (Å²) in [5, 5.41) is 1.18. The summed E-state index contributed by atoms with van der Waals surface area (Å²) < 4.78 is 5.06. The minimum absolute atomic E-state index is 0.218. The fourth-order valence-electron chi connectivity index (χ4n) is 2.65. The van der Waals surface area contributed by atoms with E-state index in [2.05, 4.69) is 21.9 Å². The number of aromatic nitrogens is 1. The number of aromatic amines is 1. The lowest BCUT2D eigenvalue weighted by Gasteiger charge is -2.06. The van der Waals surface area contributed by atoms with Crippen LogP contribution >= 0.6 is 0 Å². The highest BCUT2D eigenvalue weighted by molar-refractivity contribution is 5.96. The Labute approximate surface area is 139 Å². The van der Waals surface area contributed by atoms with Gasteiger partial charge in [0.2, 0.25) is 5.91 Å². The lowest BCUT2D eigenvalue weighted by molar-refractivity contribution is -0.121. The molecule has 0 saturated heterocycles. The van der Waals surface area contributed by atoms with Crippen molar-refractivity contribution < 1.29 is 14.0 Å². The molecule has 0 atom stereocenters. The summed E-state index contributed by atoms with van der Waals surface area (Å²) in [6, 6.07) is 9.64. The Hall–Kier alpha value is -3.02.